The first-order valence-corrected chi connectivity index (χ1v) is 10.8. The first-order chi connectivity index (χ1) is 14.6. The van der Waals surface area contributed by atoms with Gasteiger partial charge in [0.25, 0.3) is 0 Å². The second kappa shape index (κ2) is 9.31. The van der Waals surface area contributed by atoms with E-state index in [1.54, 1.807) is 6.20 Å². The number of hydrogen-bond acceptors (Lipinski definition) is 3. The molecule has 5 heteroatoms. The third kappa shape index (κ3) is 4.82. The van der Waals surface area contributed by atoms with Crippen LogP contribution in [0.25, 0.3) is 0 Å². The summed E-state index contributed by atoms with van der Waals surface area (Å²) in [5.74, 6) is 1.13. The Morgan fingerprint density at radius 1 is 1.03 bits per heavy atom. The van der Waals surface area contributed by atoms with Crippen LogP contribution in [0.3, 0.4) is 0 Å². The van der Waals surface area contributed by atoms with E-state index < -0.39 is 0 Å². The molecule has 0 unspecified atom stereocenters. The fourth-order valence-corrected chi connectivity index (χ4v) is 4.03. The molecule has 0 atom stereocenters. The van der Waals surface area contributed by atoms with Gasteiger partial charge in [0.15, 0.2) is 0 Å². The summed E-state index contributed by atoms with van der Waals surface area (Å²) >= 11 is 5.95. The maximum Gasteiger partial charge on any atom is 0.230 e. The lowest BCUT2D eigenvalue weighted by Gasteiger charge is -2.35. The van der Waals surface area contributed by atoms with E-state index in [9.17, 15) is 4.79 Å². The maximum atomic E-state index is 13.6. The topological polar surface area (TPSA) is 36.4 Å². The van der Waals surface area contributed by atoms with Crippen molar-refractivity contribution in [2.24, 2.45) is 5.92 Å². The number of aryl methyl sites for hydroxylation is 1. The van der Waals surface area contributed by atoms with Crippen LogP contribution >= 0.6 is 11.6 Å². The Balaban J connectivity index is 1.49. The van der Waals surface area contributed by atoms with E-state index in [4.69, 9.17) is 11.6 Å². The predicted octanol–water partition coefficient (Wildman–Crippen LogP) is 5.49. The van der Waals surface area contributed by atoms with Crippen LogP contribution in [0.15, 0.2) is 72.9 Å². The molecule has 154 valence electrons. The molecule has 4 nitrogen and oxygen atoms in total. The Kier molecular flexibility index (Phi) is 6.34. The number of halogens is 1. The zero-order valence-electron chi connectivity index (χ0n) is 17.2. The van der Waals surface area contributed by atoms with Gasteiger partial charge in [-0.15, -0.1) is 0 Å². The van der Waals surface area contributed by atoms with Crippen molar-refractivity contribution in [1.29, 1.82) is 0 Å². The molecular weight excluding hydrogens is 394 g/mol. The second-order valence-electron chi connectivity index (χ2n) is 7.84. The number of rotatable bonds is 5. The summed E-state index contributed by atoms with van der Waals surface area (Å²) in [6.45, 7) is 4.28. The zero-order chi connectivity index (χ0) is 20.9. The van der Waals surface area contributed by atoms with E-state index in [1.807, 2.05) is 47.4 Å². The van der Waals surface area contributed by atoms with Crippen LogP contribution in [0.4, 0.5) is 11.5 Å². The van der Waals surface area contributed by atoms with E-state index in [2.05, 4.69) is 41.1 Å². The average molecular weight is 420 g/mol. The minimum atomic E-state index is 0.0126. The number of anilines is 2. The van der Waals surface area contributed by atoms with Gasteiger partial charge in [0.2, 0.25) is 5.91 Å². The van der Waals surface area contributed by atoms with Gasteiger partial charge in [-0.25, -0.2) is 4.98 Å². The smallest absolute Gasteiger partial charge is 0.230 e. The number of piperidine rings is 1. The lowest BCUT2D eigenvalue weighted by Crippen LogP contribution is -2.42. The van der Waals surface area contributed by atoms with Gasteiger partial charge in [-0.05, 0) is 49.6 Å². The molecule has 1 amide bonds. The molecule has 0 saturated carbocycles. The van der Waals surface area contributed by atoms with Crippen LogP contribution in [0, 0.1) is 12.8 Å². The summed E-state index contributed by atoms with van der Waals surface area (Å²) in [5, 5.41) is 0.637. The number of amides is 1. The van der Waals surface area contributed by atoms with Gasteiger partial charge in [0, 0.05) is 30.9 Å². The molecule has 2 aromatic carbocycles. The molecule has 4 rings (SSSR count). The number of aromatic nitrogens is 1. The quantitative estimate of drug-likeness (QED) is 0.548. The first kappa shape index (κ1) is 20.4. The van der Waals surface area contributed by atoms with Crippen molar-refractivity contribution in [3.63, 3.8) is 0 Å². The molecule has 1 saturated heterocycles. The van der Waals surface area contributed by atoms with Crippen molar-refractivity contribution in [3.8, 4) is 0 Å². The highest BCUT2D eigenvalue weighted by molar-refractivity contribution is 6.30. The molecule has 0 N–H and O–H groups in total. The SMILES string of the molecule is Cc1ccc(N(Cc2ccccc2)C(=O)C2CCN(c3ccc(Cl)cn3)CC2)cc1. The van der Waals surface area contributed by atoms with Crippen molar-refractivity contribution >= 4 is 29.0 Å². The fraction of sp³-hybridized carbons (Fsp3) is 0.280. The van der Waals surface area contributed by atoms with E-state index in [0.29, 0.717) is 11.6 Å². The maximum absolute atomic E-state index is 13.6. The molecule has 0 aliphatic carbocycles. The van der Waals surface area contributed by atoms with E-state index in [1.165, 1.54) is 5.56 Å². The van der Waals surface area contributed by atoms with Crippen LogP contribution in [0.1, 0.15) is 24.0 Å². The number of carbonyl (C=O) groups excluding carboxylic acids is 1. The van der Waals surface area contributed by atoms with Crippen molar-refractivity contribution < 1.29 is 4.79 Å². The van der Waals surface area contributed by atoms with Crippen LogP contribution in [-0.2, 0) is 11.3 Å². The van der Waals surface area contributed by atoms with Crippen LogP contribution in [-0.4, -0.2) is 24.0 Å². The Bertz CT molecular complexity index is 966. The second-order valence-corrected chi connectivity index (χ2v) is 8.28. The molecule has 1 aliphatic rings. The van der Waals surface area contributed by atoms with Gasteiger partial charge in [-0.2, -0.15) is 0 Å². The highest BCUT2D eigenvalue weighted by atomic mass is 35.5. The van der Waals surface area contributed by atoms with Gasteiger partial charge in [-0.1, -0.05) is 59.6 Å². The number of pyridine rings is 1. The fourth-order valence-electron chi connectivity index (χ4n) is 3.92. The summed E-state index contributed by atoms with van der Waals surface area (Å²) in [5.41, 5.74) is 3.28. The zero-order valence-corrected chi connectivity index (χ0v) is 17.9. The normalized spacial score (nSPS) is 14.5. The molecule has 3 aromatic rings. The Labute approximate surface area is 183 Å². The predicted molar refractivity (Wildman–Crippen MR) is 123 cm³/mol. The lowest BCUT2D eigenvalue weighted by atomic mass is 9.94. The number of nitrogens with zero attached hydrogens (tertiary/aromatic N) is 3. The molecule has 30 heavy (non-hydrogen) atoms. The summed E-state index contributed by atoms with van der Waals surface area (Å²) in [6.07, 6.45) is 3.31. The summed E-state index contributed by atoms with van der Waals surface area (Å²) in [6, 6.07) is 22.2. The molecule has 2 heterocycles. The molecule has 1 aromatic heterocycles. The van der Waals surface area contributed by atoms with E-state index >= 15 is 0 Å². The van der Waals surface area contributed by atoms with E-state index in [-0.39, 0.29) is 11.8 Å². The van der Waals surface area contributed by atoms with Crippen LogP contribution in [0.5, 0.6) is 0 Å². The number of hydrogen-bond donors (Lipinski definition) is 0. The van der Waals surface area contributed by atoms with Crippen LogP contribution < -0.4 is 9.80 Å². The Hall–Kier alpha value is -2.85. The standard InChI is InChI=1S/C25H26ClN3O/c1-19-7-10-23(11-8-19)29(18-20-5-3-2-4-6-20)25(30)21-13-15-28(16-14-21)24-12-9-22(26)17-27-24/h2-12,17,21H,13-16,18H2,1H3. The number of carbonyl (C=O) groups is 1. The monoisotopic (exact) mass is 419 g/mol. The van der Waals surface area contributed by atoms with Gasteiger partial charge in [0.1, 0.15) is 5.82 Å². The largest absolute Gasteiger partial charge is 0.357 e. The number of benzene rings is 2. The van der Waals surface area contributed by atoms with Crippen molar-refractivity contribution in [1.82, 2.24) is 4.98 Å². The van der Waals surface area contributed by atoms with Crippen molar-refractivity contribution in [2.75, 3.05) is 22.9 Å². The lowest BCUT2D eigenvalue weighted by molar-refractivity contribution is -0.123. The summed E-state index contributed by atoms with van der Waals surface area (Å²) in [4.78, 5) is 22.1. The Morgan fingerprint density at radius 3 is 2.37 bits per heavy atom. The Morgan fingerprint density at radius 2 is 1.73 bits per heavy atom. The van der Waals surface area contributed by atoms with Crippen LogP contribution in [0.2, 0.25) is 5.02 Å². The van der Waals surface area contributed by atoms with Crippen molar-refractivity contribution in [3.05, 3.63) is 89.1 Å². The van der Waals surface area contributed by atoms with Gasteiger partial charge < -0.3 is 9.80 Å². The minimum Gasteiger partial charge on any atom is -0.357 e. The van der Waals surface area contributed by atoms with Gasteiger partial charge in [-0.3, -0.25) is 4.79 Å². The molecule has 0 bridgehead atoms. The molecule has 0 radical (unpaired) electrons. The highest BCUT2D eigenvalue weighted by Gasteiger charge is 2.30. The highest BCUT2D eigenvalue weighted by Crippen LogP contribution is 2.27. The van der Waals surface area contributed by atoms with Crippen molar-refractivity contribution in [2.45, 2.75) is 26.3 Å². The average Bonchev–Trinajstić information content (AvgIpc) is 2.79. The third-order valence-electron chi connectivity index (χ3n) is 5.68. The first-order valence-electron chi connectivity index (χ1n) is 10.4. The molecule has 1 fully saturated rings. The third-order valence-corrected chi connectivity index (χ3v) is 5.90. The molecular formula is C25H26ClN3O. The molecule has 1 aliphatic heterocycles. The van der Waals surface area contributed by atoms with Gasteiger partial charge >= 0.3 is 0 Å². The minimum absolute atomic E-state index is 0.0126. The summed E-state index contributed by atoms with van der Waals surface area (Å²) < 4.78 is 0. The van der Waals surface area contributed by atoms with Gasteiger partial charge in [0.05, 0.1) is 11.6 Å². The molecule has 0 spiro atoms. The summed E-state index contributed by atoms with van der Waals surface area (Å²) in [7, 11) is 0. The van der Waals surface area contributed by atoms with E-state index in [0.717, 1.165) is 43.0 Å².